The first kappa shape index (κ1) is 21.6. The second-order valence-electron chi connectivity index (χ2n) is 7.55. The summed E-state index contributed by atoms with van der Waals surface area (Å²) in [7, 11) is 3.32. The number of phenolic OH excluding ortho intramolecular Hbond substituents is 1. The molecule has 3 aromatic carbocycles. The molecule has 1 aliphatic heterocycles. The van der Waals surface area contributed by atoms with Crippen molar-refractivity contribution in [2.45, 2.75) is 19.1 Å². The van der Waals surface area contributed by atoms with Gasteiger partial charge in [-0.1, -0.05) is 18.2 Å². The molecular weight excluding hydrogens is 404 g/mol. The molecule has 0 saturated carbocycles. The van der Waals surface area contributed by atoms with Crippen LogP contribution in [0.15, 0.2) is 72.8 Å². The first-order valence-electron chi connectivity index (χ1n) is 10.7. The molecule has 32 heavy (non-hydrogen) atoms. The van der Waals surface area contributed by atoms with E-state index in [0.29, 0.717) is 12.4 Å². The molecular formula is C26H29N2O4+. The minimum atomic E-state index is -0.120. The van der Waals surface area contributed by atoms with Gasteiger partial charge in [0, 0.05) is 17.3 Å². The van der Waals surface area contributed by atoms with Gasteiger partial charge in [-0.3, -0.25) is 0 Å². The number of hydrogen-bond acceptors (Lipinski definition) is 5. The molecule has 1 aliphatic rings. The summed E-state index contributed by atoms with van der Waals surface area (Å²) in [4.78, 5) is 0. The number of hydrogen-bond donors (Lipinski definition) is 3. The Hall–Kier alpha value is -3.64. The van der Waals surface area contributed by atoms with E-state index in [1.807, 2.05) is 61.5 Å². The molecule has 0 saturated heterocycles. The minimum absolute atomic E-state index is 0.0765. The van der Waals surface area contributed by atoms with Crippen LogP contribution in [0.3, 0.4) is 0 Å². The summed E-state index contributed by atoms with van der Waals surface area (Å²) in [6.07, 6.45) is 2.05. The fourth-order valence-electron chi connectivity index (χ4n) is 3.96. The summed E-state index contributed by atoms with van der Waals surface area (Å²) in [6, 6.07) is 21.5. The molecule has 0 bridgehead atoms. The van der Waals surface area contributed by atoms with Crippen LogP contribution in [-0.2, 0) is 0 Å². The zero-order chi connectivity index (χ0) is 22.5. The number of nitrogens with two attached hydrogens (primary N) is 1. The number of phenols is 1. The zero-order valence-electron chi connectivity index (χ0n) is 18.5. The van der Waals surface area contributed by atoms with Gasteiger partial charge in [0.2, 0.25) is 0 Å². The maximum atomic E-state index is 10.9. The lowest BCUT2D eigenvalue weighted by molar-refractivity contribution is -0.731. The third-order valence-corrected chi connectivity index (χ3v) is 5.60. The minimum Gasteiger partial charge on any atom is -0.504 e. The Labute approximate surface area is 188 Å². The Kier molecular flexibility index (Phi) is 6.52. The molecule has 1 heterocycles. The van der Waals surface area contributed by atoms with Gasteiger partial charge >= 0.3 is 0 Å². The van der Waals surface area contributed by atoms with Crippen molar-refractivity contribution in [3.8, 4) is 23.0 Å². The van der Waals surface area contributed by atoms with Crippen molar-refractivity contribution < 1.29 is 24.6 Å². The van der Waals surface area contributed by atoms with Crippen molar-refractivity contribution in [2.75, 3.05) is 20.8 Å². The van der Waals surface area contributed by atoms with Gasteiger partial charge in [-0.25, -0.2) is 0 Å². The second kappa shape index (κ2) is 9.66. The molecule has 2 atom stereocenters. The maximum absolute atomic E-state index is 10.9. The standard InChI is InChI=1S/C26H28N2O4/c1-4-32-24-10-6-9-21(25(24)29)23-16-22(17-11-13-19(30-2)14-12-17)27-26(28-23)18-7-5-8-20(15-18)31-3/h5-16,23,26-29H,4H2,1-3H3/p+1. The third-order valence-electron chi connectivity index (χ3n) is 5.60. The maximum Gasteiger partial charge on any atom is 0.186 e. The Balaban J connectivity index is 1.75. The summed E-state index contributed by atoms with van der Waals surface area (Å²) < 4.78 is 16.4. The molecule has 0 aromatic heterocycles. The van der Waals surface area contributed by atoms with Crippen molar-refractivity contribution in [1.82, 2.24) is 5.32 Å². The van der Waals surface area contributed by atoms with Crippen LogP contribution in [0.2, 0.25) is 0 Å². The average molecular weight is 434 g/mol. The number of methoxy groups -OCH3 is 2. The van der Waals surface area contributed by atoms with E-state index < -0.39 is 0 Å². The van der Waals surface area contributed by atoms with E-state index >= 15 is 0 Å². The van der Waals surface area contributed by atoms with Gasteiger partial charge < -0.3 is 30.0 Å². The number of quaternary nitrogens is 1. The molecule has 6 heteroatoms. The van der Waals surface area contributed by atoms with E-state index in [2.05, 4.69) is 22.8 Å². The van der Waals surface area contributed by atoms with Crippen molar-refractivity contribution in [1.29, 1.82) is 0 Å². The predicted molar refractivity (Wildman–Crippen MR) is 124 cm³/mol. The summed E-state index contributed by atoms with van der Waals surface area (Å²) in [5, 5.41) is 16.7. The van der Waals surface area contributed by atoms with Crippen LogP contribution in [0, 0.1) is 0 Å². The second-order valence-corrected chi connectivity index (χ2v) is 7.55. The normalized spacial score (nSPS) is 17.8. The molecule has 0 amide bonds. The van der Waals surface area contributed by atoms with E-state index in [-0.39, 0.29) is 18.0 Å². The van der Waals surface area contributed by atoms with Crippen LogP contribution < -0.4 is 24.8 Å². The lowest BCUT2D eigenvalue weighted by atomic mass is 9.97. The first-order chi connectivity index (χ1) is 15.6. The largest absolute Gasteiger partial charge is 0.504 e. The molecule has 3 aromatic rings. The Morgan fingerprint density at radius 2 is 1.69 bits per heavy atom. The fourth-order valence-corrected chi connectivity index (χ4v) is 3.96. The average Bonchev–Trinajstić information content (AvgIpc) is 2.85. The first-order valence-corrected chi connectivity index (χ1v) is 10.7. The number of ether oxygens (including phenoxy) is 3. The van der Waals surface area contributed by atoms with Crippen LogP contribution in [0.4, 0.5) is 0 Å². The van der Waals surface area contributed by atoms with Gasteiger partial charge in [0.25, 0.3) is 0 Å². The summed E-state index contributed by atoms with van der Waals surface area (Å²) in [5.41, 5.74) is 3.90. The Morgan fingerprint density at radius 1 is 0.938 bits per heavy atom. The highest BCUT2D eigenvalue weighted by Crippen LogP contribution is 2.35. The van der Waals surface area contributed by atoms with Gasteiger partial charge in [0.1, 0.15) is 17.5 Å². The smallest absolute Gasteiger partial charge is 0.186 e. The molecule has 4 N–H and O–H groups in total. The highest BCUT2D eigenvalue weighted by molar-refractivity contribution is 5.66. The monoisotopic (exact) mass is 433 g/mol. The van der Waals surface area contributed by atoms with Gasteiger partial charge in [0.05, 0.1) is 26.4 Å². The molecule has 4 rings (SSSR count). The molecule has 0 radical (unpaired) electrons. The quantitative estimate of drug-likeness (QED) is 0.529. The van der Waals surface area contributed by atoms with E-state index in [4.69, 9.17) is 14.2 Å². The summed E-state index contributed by atoms with van der Waals surface area (Å²) >= 11 is 0. The molecule has 2 unspecified atom stereocenters. The number of benzene rings is 3. The number of rotatable bonds is 7. The highest BCUT2D eigenvalue weighted by Gasteiger charge is 2.30. The van der Waals surface area contributed by atoms with Crippen LogP contribution in [0.5, 0.6) is 23.0 Å². The lowest BCUT2D eigenvalue weighted by Gasteiger charge is -2.30. The lowest BCUT2D eigenvalue weighted by Crippen LogP contribution is -2.89. The molecule has 0 aliphatic carbocycles. The third kappa shape index (κ3) is 4.50. The van der Waals surface area contributed by atoms with Crippen molar-refractivity contribution in [3.63, 3.8) is 0 Å². The predicted octanol–water partition coefficient (Wildman–Crippen LogP) is 3.76. The number of para-hydroxylation sites is 1. The van der Waals surface area contributed by atoms with E-state index in [1.54, 1.807) is 20.3 Å². The van der Waals surface area contributed by atoms with Gasteiger partial charge in [0.15, 0.2) is 17.7 Å². The molecule has 6 nitrogen and oxygen atoms in total. The SMILES string of the molecule is CCOc1cccc(C2C=C(c3ccc(OC)cc3)NC(c3cccc(OC)c3)[NH2+]2)c1O. The van der Waals surface area contributed by atoms with Gasteiger partial charge in [-0.2, -0.15) is 0 Å². The fraction of sp³-hybridized carbons (Fsp3) is 0.231. The molecule has 166 valence electrons. The molecule has 0 spiro atoms. The van der Waals surface area contributed by atoms with Crippen molar-refractivity contribution in [3.05, 3.63) is 89.5 Å². The van der Waals surface area contributed by atoms with E-state index in [0.717, 1.165) is 33.9 Å². The highest BCUT2D eigenvalue weighted by atomic mass is 16.5. The van der Waals surface area contributed by atoms with Gasteiger partial charge in [-0.15, -0.1) is 0 Å². The Bertz CT molecular complexity index is 1100. The summed E-state index contributed by atoms with van der Waals surface area (Å²) in [5.74, 6) is 2.28. The molecule has 0 fully saturated rings. The van der Waals surface area contributed by atoms with Gasteiger partial charge in [-0.05, 0) is 61.0 Å². The van der Waals surface area contributed by atoms with Crippen LogP contribution >= 0.6 is 0 Å². The zero-order valence-corrected chi connectivity index (χ0v) is 18.5. The van der Waals surface area contributed by atoms with Crippen molar-refractivity contribution in [2.24, 2.45) is 0 Å². The topological polar surface area (TPSA) is 76.6 Å². The number of aromatic hydroxyl groups is 1. The van der Waals surface area contributed by atoms with Crippen LogP contribution in [0.25, 0.3) is 5.70 Å². The van der Waals surface area contributed by atoms with Crippen LogP contribution in [-0.4, -0.2) is 25.9 Å². The number of nitrogens with one attached hydrogen (secondary N) is 1. The van der Waals surface area contributed by atoms with Crippen molar-refractivity contribution >= 4 is 5.70 Å². The van der Waals surface area contributed by atoms with E-state index in [9.17, 15) is 5.11 Å². The van der Waals surface area contributed by atoms with E-state index in [1.165, 1.54) is 0 Å². The summed E-state index contributed by atoms with van der Waals surface area (Å²) in [6.45, 7) is 2.40. The van der Waals surface area contributed by atoms with Crippen LogP contribution in [0.1, 0.15) is 35.8 Å². The Morgan fingerprint density at radius 3 is 2.41 bits per heavy atom.